The number of alkyl halides is 1. The molecule has 3 aliphatic rings. The number of carbonyl (C=O) groups is 1. The maximum absolute atomic E-state index is 14.4. The smallest absolute Gasteiger partial charge is 0.410 e. The molecule has 0 bridgehead atoms. The average Bonchev–Trinajstić information content (AvgIpc) is 3.29. The number of rotatable bonds is 6. The summed E-state index contributed by atoms with van der Waals surface area (Å²) in [5.41, 5.74) is 0. The highest BCUT2D eigenvalue weighted by Crippen LogP contribution is 2.55. The van der Waals surface area contributed by atoms with Crippen molar-refractivity contribution in [3.8, 4) is 0 Å². The van der Waals surface area contributed by atoms with Crippen LogP contribution in [-0.2, 0) is 9.47 Å². The highest BCUT2D eigenvalue weighted by atomic mass is 19.1. The monoisotopic (exact) mass is 465 g/mol. The first-order chi connectivity index (χ1) is 15.7. The fourth-order valence-electron chi connectivity index (χ4n) is 5.36. The lowest BCUT2D eigenvalue weighted by Gasteiger charge is -2.33. The van der Waals surface area contributed by atoms with Crippen LogP contribution in [-0.4, -0.2) is 58.0 Å². The summed E-state index contributed by atoms with van der Waals surface area (Å²) in [5, 5.41) is 0. The Kier molecular flexibility index (Phi) is 8.79. The summed E-state index contributed by atoms with van der Waals surface area (Å²) in [7, 11) is 0. The van der Waals surface area contributed by atoms with Crippen molar-refractivity contribution in [2.45, 2.75) is 83.8 Å². The van der Waals surface area contributed by atoms with Gasteiger partial charge in [-0.25, -0.2) is 23.5 Å². The number of hydrogen-bond donors (Lipinski definition) is 0. The second kappa shape index (κ2) is 11.4. The summed E-state index contributed by atoms with van der Waals surface area (Å²) in [4.78, 5) is 21.0. The normalized spacial score (nSPS) is 33.5. The Morgan fingerprint density at radius 2 is 1.94 bits per heavy atom. The van der Waals surface area contributed by atoms with Crippen molar-refractivity contribution in [3.05, 3.63) is 37.2 Å². The van der Waals surface area contributed by atoms with Crippen molar-refractivity contribution < 1.29 is 23.0 Å². The summed E-state index contributed by atoms with van der Waals surface area (Å²) < 4.78 is 37.8. The minimum atomic E-state index is -1.25. The molecule has 3 fully saturated rings. The number of amides is 1. The highest BCUT2D eigenvalue weighted by molar-refractivity contribution is 5.69. The van der Waals surface area contributed by atoms with Gasteiger partial charge in [0.25, 0.3) is 0 Å². The van der Waals surface area contributed by atoms with Crippen LogP contribution in [0.3, 0.4) is 0 Å². The Labute approximate surface area is 195 Å². The summed E-state index contributed by atoms with van der Waals surface area (Å²) >= 11 is 0. The van der Waals surface area contributed by atoms with E-state index in [0.29, 0.717) is 13.0 Å². The van der Waals surface area contributed by atoms with Gasteiger partial charge in [0.2, 0.25) is 0 Å². The summed E-state index contributed by atoms with van der Waals surface area (Å²) in [6, 6.07) is -0.652. The number of hydrogen-bond acceptors (Lipinski definition) is 5. The first-order valence-corrected chi connectivity index (χ1v) is 12.0. The van der Waals surface area contributed by atoms with Gasteiger partial charge in [-0.1, -0.05) is 19.9 Å². The first kappa shape index (κ1) is 25.5. The zero-order chi connectivity index (χ0) is 24.1. The molecule has 1 aromatic rings. The molecule has 1 amide bonds. The number of aromatic nitrogens is 2. The van der Waals surface area contributed by atoms with Gasteiger partial charge in [0.1, 0.15) is 12.5 Å². The molecule has 8 atom stereocenters. The van der Waals surface area contributed by atoms with Crippen LogP contribution in [0.5, 0.6) is 0 Å². The Morgan fingerprint density at radius 3 is 2.48 bits per heavy atom. The van der Waals surface area contributed by atoms with Crippen LogP contribution in [0, 0.1) is 29.5 Å². The number of fused-ring (bicyclic) bond motifs is 1. The van der Waals surface area contributed by atoms with Crippen LogP contribution in [0.2, 0.25) is 0 Å². The molecular weight excluding hydrogens is 428 g/mol. The van der Waals surface area contributed by atoms with Crippen LogP contribution >= 0.6 is 0 Å². The summed E-state index contributed by atoms with van der Waals surface area (Å²) in [6.45, 7) is 12.1. The zero-order valence-electron chi connectivity index (χ0n) is 20.1. The molecule has 2 aliphatic carbocycles. The maximum Gasteiger partial charge on any atom is 0.410 e. The molecule has 33 heavy (non-hydrogen) atoms. The second-order valence-corrected chi connectivity index (χ2v) is 9.88. The van der Waals surface area contributed by atoms with Crippen molar-refractivity contribution in [1.29, 1.82) is 0 Å². The van der Waals surface area contributed by atoms with Gasteiger partial charge in [0.15, 0.2) is 5.82 Å². The maximum atomic E-state index is 14.4. The van der Waals surface area contributed by atoms with Crippen LogP contribution in [0.4, 0.5) is 13.6 Å². The number of halogens is 2. The largest absolute Gasteiger partial charge is 0.447 e. The molecule has 1 aliphatic heterocycles. The molecule has 184 valence electrons. The summed E-state index contributed by atoms with van der Waals surface area (Å²) in [5.74, 6) is 2.34. The SMILES string of the molecule is C=CC(F)[C@@H]1C[C@H](C)[C@H](CO[C@H]2CCC3C(C)C3C2)N1C(=O)OC(C)C.Fc1cncnc1. The van der Waals surface area contributed by atoms with Crippen molar-refractivity contribution in [2.75, 3.05) is 6.61 Å². The fraction of sp³-hybridized carbons (Fsp3) is 0.720. The summed E-state index contributed by atoms with van der Waals surface area (Å²) in [6.07, 6.45) is 7.23. The third kappa shape index (κ3) is 6.49. The minimum absolute atomic E-state index is 0.140. The molecule has 8 heteroatoms. The predicted octanol–water partition coefficient (Wildman–Crippen LogP) is 5.20. The minimum Gasteiger partial charge on any atom is -0.447 e. The molecule has 2 saturated carbocycles. The lowest BCUT2D eigenvalue weighted by atomic mass is 9.97. The van der Waals surface area contributed by atoms with Gasteiger partial charge in [-0.15, -0.1) is 6.58 Å². The van der Waals surface area contributed by atoms with Crippen molar-refractivity contribution in [2.24, 2.45) is 23.7 Å². The van der Waals surface area contributed by atoms with E-state index in [2.05, 4.69) is 30.4 Å². The number of carbonyl (C=O) groups excluding carboxylic acids is 1. The van der Waals surface area contributed by atoms with Gasteiger partial charge >= 0.3 is 6.09 Å². The Balaban J connectivity index is 0.000000374. The van der Waals surface area contributed by atoms with Gasteiger partial charge in [-0.3, -0.25) is 4.90 Å². The molecule has 1 aromatic heterocycles. The van der Waals surface area contributed by atoms with E-state index in [0.717, 1.165) is 43.0 Å². The van der Waals surface area contributed by atoms with Gasteiger partial charge in [-0.2, -0.15) is 0 Å². The van der Waals surface area contributed by atoms with Crippen LogP contribution in [0.25, 0.3) is 0 Å². The van der Waals surface area contributed by atoms with E-state index >= 15 is 0 Å². The number of ether oxygens (including phenoxy) is 2. The third-order valence-corrected chi connectivity index (χ3v) is 7.27. The van der Waals surface area contributed by atoms with Gasteiger partial charge in [0.05, 0.1) is 43.3 Å². The van der Waals surface area contributed by atoms with E-state index in [1.807, 2.05) is 13.8 Å². The number of likely N-dealkylation sites (tertiary alicyclic amines) is 1. The zero-order valence-corrected chi connectivity index (χ0v) is 20.1. The molecule has 1 saturated heterocycles. The van der Waals surface area contributed by atoms with Gasteiger partial charge < -0.3 is 9.47 Å². The topological polar surface area (TPSA) is 64.5 Å². The molecule has 0 aromatic carbocycles. The molecule has 2 heterocycles. The Morgan fingerprint density at radius 1 is 1.24 bits per heavy atom. The van der Waals surface area contributed by atoms with Gasteiger partial charge in [-0.05, 0) is 63.2 Å². The molecular formula is C25H37F2N3O3. The van der Waals surface area contributed by atoms with E-state index in [-0.39, 0.29) is 24.2 Å². The van der Waals surface area contributed by atoms with Crippen molar-refractivity contribution >= 4 is 6.09 Å². The average molecular weight is 466 g/mol. The third-order valence-electron chi connectivity index (χ3n) is 7.27. The molecule has 0 N–H and O–H groups in total. The first-order valence-electron chi connectivity index (χ1n) is 12.0. The predicted molar refractivity (Wildman–Crippen MR) is 122 cm³/mol. The van der Waals surface area contributed by atoms with E-state index < -0.39 is 24.1 Å². The number of nitrogens with zero attached hydrogens (tertiary/aromatic N) is 3. The Hall–Kier alpha value is -2.09. The quantitative estimate of drug-likeness (QED) is 0.540. The standard InChI is InChI=1S/C21H34FNO3.C4H3FN2/c1-6-18(22)19-9-13(4)20(23(19)21(24)26-12(2)3)11-25-15-7-8-16-14(5)17(16)10-15;5-4-1-6-3-7-2-4/h6,12-20H,1,7-11H2,2-5H3;1-3H/t13-,14?,15-,16?,17?,18?,19-,20-;/m0./s1. The van der Waals surface area contributed by atoms with E-state index in [9.17, 15) is 13.6 Å². The fourth-order valence-corrected chi connectivity index (χ4v) is 5.36. The van der Waals surface area contributed by atoms with Crippen LogP contribution in [0.1, 0.15) is 53.4 Å². The molecule has 4 rings (SSSR count). The lowest BCUT2D eigenvalue weighted by molar-refractivity contribution is -0.0195. The van der Waals surface area contributed by atoms with E-state index in [1.54, 1.807) is 4.90 Å². The van der Waals surface area contributed by atoms with Crippen molar-refractivity contribution in [1.82, 2.24) is 14.9 Å². The second-order valence-electron chi connectivity index (χ2n) is 9.88. The molecule has 4 unspecified atom stereocenters. The van der Waals surface area contributed by atoms with Crippen molar-refractivity contribution in [3.63, 3.8) is 0 Å². The molecule has 0 radical (unpaired) electrons. The lowest BCUT2D eigenvalue weighted by Crippen LogP contribution is -2.48. The van der Waals surface area contributed by atoms with E-state index in [1.165, 1.54) is 18.8 Å². The van der Waals surface area contributed by atoms with E-state index in [4.69, 9.17) is 9.47 Å². The van der Waals surface area contributed by atoms with Gasteiger partial charge in [0, 0.05) is 0 Å². The molecule has 0 spiro atoms. The van der Waals surface area contributed by atoms with Crippen LogP contribution in [0.15, 0.2) is 31.4 Å². The van der Waals surface area contributed by atoms with Crippen LogP contribution < -0.4 is 0 Å². The molecule has 6 nitrogen and oxygen atoms in total. The highest BCUT2D eigenvalue weighted by Gasteiger charge is 2.50. The Bertz CT molecular complexity index is 781.